The van der Waals surface area contributed by atoms with E-state index in [2.05, 4.69) is 11.4 Å². The maximum Gasteiger partial charge on any atom is 0.259 e. The van der Waals surface area contributed by atoms with Gasteiger partial charge in [-0.25, -0.2) is 0 Å². The Bertz CT molecular complexity index is 1330. The fourth-order valence-electron chi connectivity index (χ4n) is 3.89. The fourth-order valence-corrected chi connectivity index (χ4v) is 4.95. The Morgan fingerprint density at radius 3 is 2.67 bits per heavy atom. The number of rotatable bonds is 5. The average molecular weight is 455 g/mol. The van der Waals surface area contributed by atoms with Gasteiger partial charge >= 0.3 is 0 Å². The molecular weight excluding hydrogens is 432 g/mol. The predicted octanol–water partition coefficient (Wildman–Crippen LogP) is 5.83. The Morgan fingerprint density at radius 2 is 1.85 bits per heavy atom. The zero-order valence-corrected chi connectivity index (χ0v) is 18.9. The molecular formula is C27H22N2O3S. The van der Waals surface area contributed by atoms with Crippen LogP contribution in [0, 0.1) is 6.92 Å². The quantitative estimate of drug-likeness (QED) is 0.412. The largest absolute Gasteiger partial charge is 0.467 e. The molecule has 1 N–H and O–H groups in total. The second kappa shape index (κ2) is 9.00. The van der Waals surface area contributed by atoms with Gasteiger partial charge in [-0.1, -0.05) is 53.7 Å². The smallest absolute Gasteiger partial charge is 0.259 e. The van der Waals surface area contributed by atoms with Crippen molar-refractivity contribution in [1.29, 1.82) is 0 Å². The molecule has 0 unspecified atom stereocenters. The normalized spacial score (nSPS) is 12.6. The number of hydrogen-bond acceptors (Lipinski definition) is 4. The van der Waals surface area contributed by atoms with Crippen LogP contribution >= 0.6 is 11.8 Å². The van der Waals surface area contributed by atoms with Gasteiger partial charge in [-0.2, -0.15) is 0 Å². The number of furan rings is 1. The lowest BCUT2D eigenvalue weighted by atomic mass is 10.1. The number of anilines is 1. The molecule has 3 aromatic carbocycles. The highest BCUT2D eigenvalue weighted by molar-refractivity contribution is 7.99. The Hall–Kier alpha value is -3.77. The van der Waals surface area contributed by atoms with Crippen LogP contribution in [0.4, 0.5) is 5.69 Å². The van der Waals surface area contributed by atoms with Gasteiger partial charge in [-0.05, 0) is 55.0 Å². The predicted molar refractivity (Wildman–Crippen MR) is 129 cm³/mol. The molecule has 0 radical (unpaired) electrons. The number of benzene rings is 3. The van der Waals surface area contributed by atoms with Crippen molar-refractivity contribution in [3.05, 3.63) is 113 Å². The van der Waals surface area contributed by atoms with Gasteiger partial charge in [0.25, 0.3) is 11.8 Å². The zero-order valence-electron chi connectivity index (χ0n) is 18.1. The number of aryl methyl sites for hydroxylation is 1. The number of hydrogen-bond donors (Lipinski definition) is 1. The summed E-state index contributed by atoms with van der Waals surface area (Å²) in [5.41, 5.74) is 4.06. The second-order valence-corrected chi connectivity index (χ2v) is 9.01. The van der Waals surface area contributed by atoms with Crippen molar-refractivity contribution in [1.82, 2.24) is 5.32 Å². The average Bonchev–Trinajstić information content (AvgIpc) is 3.31. The van der Waals surface area contributed by atoms with Crippen LogP contribution in [0.15, 0.2) is 99.3 Å². The zero-order chi connectivity index (χ0) is 22.8. The lowest BCUT2D eigenvalue weighted by Gasteiger charge is -2.24. The SMILES string of the molecule is Cc1cccc(CN2C(=O)c3ccccc3Sc3ccc(C(=O)NCc4ccco4)cc32)c1. The molecule has 1 aliphatic heterocycles. The highest BCUT2D eigenvalue weighted by Crippen LogP contribution is 2.42. The molecule has 2 amide bonds. The highest BCUT2D eigenvalue weighted by atomic mass is 32.2. The van der Waals surface area contributed by atoms with Crippen LogP contribution in [0.5, 0.6) is 0 Å². The van der Waals surface area contributed by atoms with Crippen LogP contribution in [-0.4, -0.2) is 11.8 Å². The van der Waals surface area contributed by atoms with Crippen molar-refractivity contribution in [3.63, 3.8) is 0 Å². The van der Waals surface area contributed by atoms with E-state index in [0.717, 1.165) is 26.6 Å². The maximum absolute atomic E-state index is 13.7. The molecule has 5 nitrogen and oxygen atoms in total. The van der Waals surface area contributed by atoms with Gasteiger partial charge < -0.3 is 14.6 Å². The van der Waals surface area contributed by atoms with Gasteiger partial charge in [0.15, 0.2) is 0 Å². The number of fused-ring (bicyclic) bond motifs is 2. The minimum absolute atomic E-state index is 0.0773. The molecule has 2 heterocycles. The van der Waals surface area contributed by atoms with E-state index in [9.17, 15) is 9.59 Å². The van der Waals surface area contributed by atoms with Gasteiger partial charge in [0, 0.05) is 15.4 Å². The second-order valence-electron chi connectivity index (χ2n) is 7.92. The summed E-state index contributed by atoms with van der Waals surface area (Å²) in [6.45, 7) is 2.75. The van der Waals surface area contributed by atoms with E-state index in [0.29, 0.717) is 30.0 Å². The first-order valence-corrected chi connectivity index (χ1v) is 11.5. The summed E-state index contributed by atoms with van der Waals surface area (Å²) < 4.78 is 5.30. The van der Waals surface area contributed by atoms with E-state index in [1.165, 1.54) is 0 Å². The minimum Gasteiger partial charge on any atom is -0.467 e. The molecule has 4 aromatic rings. The van der Waals surface area contributed by atoms with Gasteiger partial charge in [0.05, 0.1) is 30.6 Å². The molecule has 1 aromatic heterocycles. The molecule has 0 fully saturated rings. The number of nitrogens with one attached hydrogen (secondary N) is 1. The summed E-state index contributed by atoms with van der Waals surface area (Å²) in [6.07, 6.45) is 1.58. The molecule has 0 saturated carbocycles. The molecule has 33 heavy (non-hydrogen) atoms. The lowest BCUT2D eigenvalue weighted by Crippen LogP contribution is -2.31. The molecule has 5 rings (SSSR count). The van der Waals surface area contributed by atoms with E-state index in [4.69, 9.17) is 4.42 Å². The summed E-state index contributed by atoms with van der Waals surface area (Å²) in [7, 11) is 0. The topological polar surface area (TPSA) is 62.6 Å². The summed E-state index contributed by atoms with van der Waals surface area (Å²) >= 11 is 1.55. The molecule has 0 bridgehead atoms. The summed E-state index contributed by atoms with van der Waals surface area (Å²) in [4.78, 5) is 30.1. The van der Waals surface area contributed by atoms with Crippen LogP contribution < -0.4 is 10.2 Å². The first kappa shape index (κ1) is 21.1. The highest BCUT2D eigenvalue weighted by Gasteiger charge is 2.28. The Morgan fingerprint density at radius 1 is 0.970 bits per heavy atom. The standard InChI is InChI=1S/C27H22N2O3S/c1-18-6-4-7-19(14-18)17-29-23-15-20(26(30)28-16-21-8-5-13-32-21)11-12-25(23)33-24-10-3-2-9-22(24)27(29)31/h2-15H,16-17H2,1H3,(H,28,30). The van der Waals surface area contributed by atoms with Gasteiger partial charge in [0.1, 0.15) is 5.76 Å². The van der Waals surface area contributed by atoms with Crippen molar-refractivity contribution in [2.45, 2.75) is 29.8 Å². The summed E-state index contributed by atoms with van der Waals surface area (Å²) in [5.74, 6) is 0.385. The van der Waals surface area contributed by atoms with E-state index in [1.54, 1.807) is 41.1 Å². The van der Waals surface area contributed by atoms with Crippen molar-refractivity contribution in [2.75, 3.05) is 4.90 Å². The molecule has 1 aliphatic rings. The third-order valence-electron chi connectivity index (χ3n) is 5.52. The molecule has 164 valence electrons. The Balaban J connectivity index is 1.52. The van der Waals surface area contributed by atoms with Crippen LogP contribution in [0.2, 0.25) is 0 Å². The lowest BCUT2D eigenvalue weighted by molar-refractivity contribution is 0.0945. The van der Waals surface area contributed by atoms with Crippen LogP contribution in [0.1, 0.15) is 37.6 Å². The van der Waals surface area contributed by atoms with Crippen molar-refractivity contribution < 1.29 is 14.0 Å². The van der Waals surface area contributed by atoms with Gasteiger partial charge in [-0.15, -0.1) is 0 Å². The van der Waals surface area contributed by atoms with E-state index < -0.39 is 0 Å². The van der Waals surface area contributed by atoms with Crippen molar-refractivity contribution in [3.8, 4) is 0 Å². The third-order valence-corrected chi connectivity index (χ3v) is 6.66. The minimum atomic E-state index is -0.219. The number of nitrogens with zero attached hydrogens (tertiary/aromatic N) is 1. The third kappa shape index (κ3) is 4.43. The van der Waals surface area contributed by atoms with Gasteiger partial charge in [-0.3, -0.25) is 9.59 Å². The molecule has 0 atom stereocenters. The number of carbonyl (C=O) groups is 2. The summed E-state index contributed by atoms with van der Waals surface area (Å²) in [6, 6.07) is 24.9. The molecule has 0 spiro atoms. The fraction of sp³-hybridized carbons (Fsp3) is 0.111. The van der Waals surface area contributed by atoms with E-state index >= 15 is 0 Å². The van der Waals surface area contributed by atoms with Crippen LogP contribution in [0.25, 0.3) is 0 Å². The number of amides is 2. The molecule has 6 heteroatoms. The van der Waals surface area contributed by atoms with Crippen molar-refractivity contribution >= 4 is 29.3 Å². The first-order valence-electron chi connectivity index (χ1n) is 10.7. The maximum atomic E-state index is 13.7. The molecule has 0 aliphatic carbocycles. The summed E-state index contributed by atoms with van der Waals surface area (Å²) in [5, 5.41) is 2.88. The first-order chi connectivity index (χ1) is 16.1. The Kier molecular flexibility index (Phi) is 5.75. The monoisotopic (exact) mass is 454 g/mol. The molecule has 0 saturated heterocycles. The van der Waals surface area contributed by atoms with Crippen LogP contribution in [0.3, 0.4) is 0 Å². The van der Waals surface area contributed by atoms with Crippen LogP contribution in [-0.2, 0) is 13.1 Å². The van der Waals surface area contributed by atoms with E-state index in [1.807, 2.05) is 61.5 Å². The van der Waals surface area contributed by atoms with Crippen molar-refractivity contribution in [2.24, 2.45) is 0 Å². The Labute approximate surface area is 196 Å². The van der Waals surface area contributed by atoms with E-state index in [-0.39, 0.29) is 11.8 Å². The number of carbonyl (C=O) groups excluding carboxylic acids is 2. The van der Waals surface area contributed by atoms with Gasteiger partial charge in [0.2, 0.25) is 0 Å².